The third kappa shape index (κ3) is 1.93. The zero-order chi connectivity index (χ0) is 13.2. The van der Waals surface area contributed by atoms with Crippen LogP contribution in [0.4, 0.5) is 0 Å². The van der Waals surface area contributed by atoms with Crippen molar-refractivity contribution in [2.75, 3.05) is 0 Å². The van der Waals surface area contributed by atoms with Crippen LogP contribution in [0, 0.1) is 0 Å². The number of fused-ring (bicyclic) bond motifs is 1. The molecule has 3 heteroatoms. The van der Waals surface area contributed by atoms with E-state index in [4.69, 9.17) is 0 Å². The molecule has 0 spiro atoms. The van der Waals surface area contributed by atoms with Crippen LogP contribution in [0.1, 0.15) is 12.6 Å². The van der Waals surface area contributed by atoms with Crippen molar-refractivity contribution in [2.45, 2.75) is 13.3 Å². The Labute approximate surface area is 111 Å². The normalized spacial score (nSPS) is 10.8. The Hall–Kier alpha value is -2.42. The molecule has 3 rings (SSSR count). The number of benzene rings is 1. The lowest BCUT2D eigenvalue weighted by Gasteiger charge is -2.15. The summed E-state index contributed by atoms with van der Waals surface area (Å²) in [5.41, 5.74) is 3.02. The Bertz CT molecular complexity index is 776. The molecule has 0 bridgehead atoms. The van der Waals surface area contributed by atoms with Gasteiger partial charge >= 0.3 is 0 Å². The van der Waals surface area contributed by atoms with Crippen molar-refractivity contribution >= 4 is 10.9 Å². The van der Waals surface area contributed by atoms with E-state index in [1.54, 1.807) is 18.5 Å². The molecule has 19 heavy (non-hydrogen) atoms. The molecule has 0 atom stereocenters. The number of hydrogen-bond acceptors (Lipinski definition) is 2. The third-order valence-electron chi connectivity index (χ3n) is 3.27. The van der Waals surface area contributed by atoms with Gasteiger partial charge < -0.3 is 4.57 Å². The maximum Gasteiger partial charge on any atom is 0.191 e. The number of rotatable bonds is 2. The monoisotopic (exact) mass is 250 g/mol. The van der Waals surface area contributed by atoms with Gasteiger partial charge in [-0.15, -0.1) is 0 Å². The molecule has 0 aliphatic heterocycles. The molecule has 0 fully saturated rings. The van der Waals surface area contributed by atoms with Crippen molar-refractivity contribution in [1.82, 2.24) is 9.55 Å². The summed E-state index contributed by atoms with van der Waals surface area (Å²) in [6.07, 6.45) is 4.17. The van der Waals surface area contributed by atoms with E-state index in [2.05, 4.69) is 16.5 Å². The first-order valence-corrected chi connectivity index (χ1v) is 6.35. The van der Waals surface area contributed by atoms with E-state index in [1.807, 2.05) is 36.4 Å². The molecule has 0 saturated carbocycles. The van der Waals surface area contributed by atoms with Gasteiger partial charge in [0.2, 0.25) is 0 Å². The fraction of sp³-hybridized carbons (Fsp3) is 0.125. The Morgan fingerprint density at radius 3 is 2.68 bits per heavy atom. The summed E-state index contributed by atoms with van der Waals surface area (Å²) in [6, 6.07) is 13.7. The fourth-order valence-corrected chi connectivity index (χ4v) is 2.36. The number of aryl methyl sites for hydroxylation is 1. The average Bonchev–Trinajstić information content (AvgIpc) is 2.48. The minimum absolute atomic E-state index is 0.0344. The van der Waals surface area contributed by atoms with Gasteiger partial charge in [-0.3, -0.25) is 9.78 Å². The van der Waals surface area contributed by atoms with Crippen LogP contribution in [0.2, 0.25) is 0 Å². The molecule has 0 saturated heterocycles. The molecule has 3 aromatic rings. The van der Waals surface area contributed by atoms with E-state index in [0.29, 0.717) is 5.39 Å². The van der Waals surface area contributed by atoms with Crippen LogP contribution in [0.3, 0.4) is 0 Å². The van der Waals surface area contributed by atoms with Gasteiger partial charge in [-0.25, -0.2) is 0 Å². The largest absolute Gasteiger partial charge is 0.313 e. The number of hydrogen-bond donors (Lipinski definition) is 0. The second-order valence-electron chi connectivity index (χ2n) is 4.42. The Balaban J connectivity index is 2.46. The molecule has 2 aromatic heterocycles. The first kappa shape index (κ1) is 11.7. The zero-order valence-corrected chi connectivity index (χ0v) is 10.7. The van der Waals surface area contributed by atoms with E-state index < -0.39 is 0 Å². The van der Waals surface area contributed by atoms with Crippen LogP contribution in [-0.2, 0) is 6.42 Å². The summed E-state index contributed by atoms with van der Waals surface area (Å²) in [6.45, 7) is 2.06. The van der Waals surface area contributed by atoms with Crippen molar-refractivity contribution in [3.05, 3.63) is 70.8 Å². The van der Waals surface area contributed by atoms with Gasteiger partial charge in [-0.2, -0.15) is 0 Å². The summed E-state index contributed by atoms with van der Waals surface area (Å²) in [5.74, 6) is 0. The van der Waals surface area contributed by atoms with E-state index in [1.165, 1.54) is 0 Å². The smallest absolute Gasteiger partial charge is 0.191 e. The second-order valence-corrected chi connectivity index (χ2v) is 4.42. The predicted molar refractivity (Wildman–Crippen MR) is 76.7 cm³/mol. The quantitative estimate of drug-likeness (QED) is 0.701. The molecule has 94 valence electrons. The van der Waals surface area contributed by atoms with Crippen LogP contribution < -0.4 is 5.43 Å². The van der Waals surface area contributed by atoms with Gasteiger partial charge in [0.15, 0.2) is 5.43 Å². The van der Waals surface area contributed by atoms with E-state index in [-0.39, 0.29) is 5.43 Å². The Kier molecular flexibility index (Phi) is 2.88. The highest BCUT2D eigenvalue weighted by molar-refractivity contribution is 5.80. The van der Waals surface area contributed by atoms with Crippen LogP contribution >= 0.6 is 0 Å². The van der Waals surface area contributed by atoms with E-state index in [9.17, 15) is 4.79 Å². The van der Waals surface area contributed by atoms with Crippen molar-refractivity contribution in [1.29, 1.82) is 0 Å². The third-order valence-corrected chi connectivity index (χ3v) is 3.27. The van der Waals surface area contributed by atoms with Gasteiger partial charge in [-0.1, -0.05) is 25.1 Å². The van der Waals surface area contributed by atoms with E-state index >= 15 is 0 Å². The molecule has 0 aliphatic carbocycles. The van der Waals surface area contributed by atoms with Gasteiger partial charge in [0.1, 0.15) is 0 Å². The lowest BCUT2D eigenvalue weighted by molar-refractivity contribution is 0.937. The van der Waals surface area contributed by atoms with Crippen LogP contribution in [0.5, 0.6) is 0 Å². The maximum absolute atomic E-state index is 12.1. The average molecular weight is 250 g/mol. The number of nitrogens with zero attached hydrogens (tertiary/aromatic N) is 2. The summed E-state index contributed by atoms with van der Waals surface area (Å²) < 4.78 is 2.12. The summed E-state index contributed by atoms with van der Waals surface area (Å²) in [4.78, 5) is 16.1. The molecule has 0 unspecified atom stereocenters. The first-order chi connectivity index (χ1) is 9.31. The maximum atomic E-state index is 12.1. The van der Waals surface area contributed by atoms with Crippen LogP contribution in [-0.4, -0.2) is 9.55 Å². The van der Waals surface area contributed by atoms with Gasteiger partial charge in [0.05, 0.1) is 10.9 Å². The van der Waals surface area contributed by atoms with Crippen LogP contribution in [0.25, 0.3) is 16.6 Å². The highest BCUT2D eigenvalue weighted by atomic mass is 16.1. The minimum Gasteiger partial charge on any atom is -0.313 e. The lowest BCUT2D eigenvalue weighted by atomic mass is 10.1. The molecule has 3 nitrogen and oxygen atoms in total. The second kappa shape index (κ2) is 4.69. The molecule has 2 heterocycles. The van der Waals surface area contributed by atoms with Crippen molar-refractivity contribution in [3.63, 3.8) is 0 Å². The number of aromatic nitrogens is 2. The Morgan fingerprint density at radius 2 is 1.95 bits per heavy atom. The lowest BCUT2D eigenvalue weighted by Crippen LogP contribution is -2.12. The molecule has 0 aliphatic rings. The van der Waals surface area contributed by atoms with Gasteiger partial charge in [-0.05, 0) is 24.6 Å². The number of para-hydroxylation sites is 1. The van der Waals surface area contributed by atoms with Crippen LogP contribution in [0.15, 0.2) is 59.7 Å². The zero-order valence-electron chi connectivity index (χ0n) is 10.7. The Morgan fingerprint density at radius 1 is 1.16 bits per heavy atom. The van der Waals surface area contributed by atoms with Crippen molar-refractivity contribution in [3.8, 4) is 5.69 Å². The summed E-state index contributed by atoms with van der Waals surface area (Å²) in [5, 5.41) is 0.656. The SMILES string of the molecule is CCc1cc(=O)c2cnccc2n1-c1ccccc1. The standard InChI is InChI=1S/C16H14N2O/c1-2-12-10-16(19)14-11-17-9-8-15(14)18(12)13-6-4-3-5-7-13/h3-11H,2H2,1H3. The topological polar surface area (TPSA) is 34.9 Å². The molecule has 0 N–H and O–H groups in total. The predicted octanol–water partition coefficient (Wildman–Crippen LogP) is 2.95. The number of pyridine rings is 2. The first-order valence-electron chi connectivity index (χ1n) is 6.35. The molecule has 1 aromatic carbocycles. The summed E-state index contributed by atoms with van der Waals surface area (Å²) >= 11 is 0. The minimum atomic E-state index is 0.0344. The highest BCUT2D eigenvalue weighted by Gasteiger charge is 2.09. The van der Waals surface area contributed by atoms with Crippen molar-refractivity contribution < 1.29 is 0 Å². The van der Waals surface area contributed by atoms with Gasteiger partial charge in [0.25, 0.3) is 0 Å². The highest BCUT2D eigenvalue weighted by Crippen LogP contribution is 2.18. The van der Waals surface area contributed by atoms with Gasteiger partial charge in [0, 0.05) is 29.8 Å². The molecule has 0 amide bonds. The molecule has 0 radical (unpaired) electrons. The summed E-state index contributed by atoms with van der Waals surface area (Å²) in [7, 11) is 0. The molecular formula is C16H14N2O. The molecular weight excluding hydrogens is 236 g/mol. The van der Waals surface area contributed by atoms with E-state index in [0.717, 1.165) is 23.3 Å². The fourth-order valence-electron chi connectivity index (χ4n) is 2.36. The van der Waals surface area contributed by atoms with Crippen molar-refractivity contribution in [2.24, 2.45) is 0 Å².